The van der Waals surface area contributed by atoms with E-state index in [9.17, 15) is 9.59 Å². The number of carbonyl (C=O) groups is 2. The highest BCUT2D eigenvalue weighted by Crippen LogP contribution is 2.31. The van der Waals surface area contributed by atoms with Gasteiger partial charge < -0.3 is 28.4 Å². The molecule has 1 aromatic heterocycles. The predicted octanol–water partition coefficient (Wildman–Crippen LogP) is 3.44. The predicted molar refractivity (Wildman–Crippen MR) is 113 cm³/mol. The van der Waals surface area contributed by atoms with Gasteiger partial charge in [0.05, 0.1) is 20.1 Å². The number of carbonyl (C=O) groups excluding carboxylic acids is 2. The van der Waals surface area contributed by atoms with Gasteiger partial charge in [0.25, 0.3) is 5.89 Å². The molecule has 1 unspecified atom stereocenters. The monoisotopic (exact) mass is 447 g/mol. The van der Waals surface area contributed by atoms with Gasteiger partial charge in [-0.3, -0.25) is 4.79 Å². The number of piperidine rings is 1. The summed E-state index contributed by atoms with van der Waals surface area (Å²) in [5.74, 6) is 0.791. The van der Waals surface area contributed by atoms with E-state index in [1.165, 1.54) is 7.11 Å². The van der Waals surface area contributed by atoms with Crippen LogP contribution in [-0.2, 0) is 20.9 Å². The van der Waals surface area contributed by atoms with E-state index in [0.29, 0.717) is 42.3 Å². The van der Waals surface area contributed by atoms with Crippen molar-refractivity contribution in [1.82, 2.24) is 15.0 Å². The first kappa shape index (κ1) is 23.4. The van der Waals surface area contributed by atoms with Crippen LogP contribution in [-0.4, -0.2) is 60.0 Å². The molecule has 0 N–H and O–H groups in total. The van der Waals surface area contributed by atoms with Crippen molar-refractivity contribution in [2.24, 2.45) is 5.92 Å². The number of benzene rings is 1. The molecule has 3 rings (SSSR count). The Morgan fingerprint density at radius 1 is 1.19 bits per heavy atom. The van der Waals surface area contributed by atoms with Gasteiger partial charge in [0, 0.05) is 18.7 Å². The molecule has 1 atom stereocenters. The first-order valence-corrected chi connectivity index (χ1v) is 10.4. The van der Waals surface area contributed by atoms with Crippen molar-refractivity contribution in [2.45, 2.75) is 45.8 Å². The Morgan fingerprint density at radius 2 is 1.94 bits per heavy atom. The highest BCUT2D eigenvalue weighted by atomic mass is 16.6. The van der Waals surface area contributed by atoms with Crippen LogP contribution in [0.5, 0.6) is 11.5 Å². The lowest BCUT2D eigenvalue weighted by Crippen LogP contribution is -2.45. The molecule has 1 aliphatic heterocycles. The fourth-order valence-corrected chi connectivity index (χ4v) is 3.32. The zero-order chi connectivity index (χ0) is 23.3. The second-order valence-electron chi connectivity index (χ2n) is 8.45. The van der Waals surface area contributed by atoms with E-state index in [-0.39, 0.29) is 19.0 Å². The molecule has 1 aromatic carbocycles. The third kappa shape index (κ3) is 5.89. The van der Waals surface area contributed by atoms with Gasteiger partial charge in [-0.15, -0.1) is 0 Å². The first-order chi connectivity index (χ1) is 15.2. The molecule has 10 heteroatoms. The smallest absolute Gasteiger partial charge is 0.410 e. The number of amides is 1. The molecule has 32 heavy (non-hydrogen) atoms. The molecule has 2 aromatic rings. The van der Waals surface area contributed by atoms with E-state index in [0.717, 1.165) is 0 Å². The maximum absolute atomic E-state index is 12.5. The van der Waals surface area contributed by atoms with Crippen LogP contribution in [0.15, 0.2) is 22.7 Å². The molecule has 0 aliphatic carbocycles. The van der Waals surface area contributed by atoms with Crippen LogP contribution in [0, 0.1) is 5.92 Å². The largest absolute Gasteiger partial charge is 0.493 e. The lowest BCUT2D eigenvalue weighted by atomic mass is 9.98. The van der Waals surface area contributed by atoms with Gasteiger partial charge >= 0.3 is 12.1 Å². The summed E-state index contributed by atoms with van der Waals surface area (Å²) in [4.78, 5) is 30.6. The number of methoxy groups -OCH3 is 2. The molecule has 174 valence electrons. The van der Waals surface area contributed by atoms with E-state index in [1.54, 1.807) is 51.0 Å². The van der Waals surface area contributed by atoms with Crippen LogP contribution in [0.25, 0.3) is 11.4 Å². The quantitative estimate of drug-likeness (QED) is 0.614. The van der Waals surface area contributed by atoms with E-state index in [2.05, 4.69) is 10.1 Å². The second kappa shape index (κ2) is 9.88. The van der Waals surface area contributed by atoms with Crippen molar-refractivity contribution in [3.05, 3.63) is 24.1 Å². The Hall–Kier alpha value is -3.30. The van der Waals surface area contributed by atoms with Crippen LogP contribution >= 0.6 is 0 Å². The van der Waals surface area contributed by atoms with E-state index >= 15 is 0 Å². The van der Waals surface area contributed by atoms with E-state index < -0.39 is 23.6 Å². The molecule has 0 radical (unpaired) electrons. The average molecular weight is 447 g/mol. The Balaban J connectivity index is 1.56. The van der Waals surface area contributed by atoms with Gasteiger partial charge in [0.1, 0.15) is 5.60 Å². The van der Waals surface area contributed by atoms with E-state index in [1.807, 2.05) is 0 Å². The summed E-state index contributed by atoms with van der Waals surface area (Å²) < 4.78 is 26.5. The molecule has 1 saturated heterocycles. The SMILES string of the molecule is COc1ccc(-c2noc(COC(=O)C3CCCN(C(=O)OC(C)(C)C)C3)n2)cc1OC. The minimum absolute atomic E-state index is 0.151. The number of hydrogen-bond acceptors (Lipinski definition) is 9. The average Bonchev–Trinajstić information content (AvgIpc) is 3.25. The number of hydrogen-bond donors (Lipinski definition) is 0. The summed E-state index contributed by atoms with van der Waals surface area (Å²) in [7, 11) is 3.09. The van der Waals surface area contributed by atoms with Crippen molar-refractivity contribution in [3.8, 4) is 22.9 Å². The van der Waals surface area contributed by atoms with Crippen molar-refractivity contribution in [3.63, 3.8) is 0 Å². The van der Waals surface area contributed by atoms with Gasteiger partial charge in [0.2, 0.25) is 5.82 Å². The first-order valence-electron chi connectivity index (χ1n) is 10.4. The zero-order valence-corrected chi connectivity index (χ0v) is 19.0. The van der Waals surface area contributed by atoms with Crippen molar-refractivity contribution in [2.75, 3.05) is 27.3 Å². The van der Waals surface area contributed by atoms with Gasteiger partial charge in [0.15, 0.2) is 18.1 Å². The second-order valence-corrected chi connectivity index (χ2v) is 8.45. The number of rotatable bonds is 6. The number of ether oxygens (including phenoxy) is 4. The van der Waals surface area contributed by atoms with E-state index in [4.69, 9.17) is 23.5 Å². The van der Waals surface area contributed by atoms with Crippen LogP contribution in [0.4, 0.5) is 4.79 Å². The third-order valence-corrected chi connectivity index (χ3v) is 4.85. The number of aromatic nitrogens is 2. The molecular weight excluding hydrogens is 418 g/mol. The molecule has 0 spiro atoms. The Morgan fingerprint density at radius 3 is 2.62 bits per heavy atom. The molecule has 0 saturated carbocycles. The summed E-state index contributed by atoms with van der Waals surface area (Å²) in [6, 6.07) is 5.24. The molecule has 1 amide bonds. The van der Waals surface area contributed by atoms with Gasteiger partial charge in [-0.05, 0) is 51.8 Å². The van der Waals surface area contributed by atoms with Crippen molar-refractivity contribution >= 4 is 12.1 Å². The number of nitrogens with zero attached hydrogens (tertiary/aromatic N) is 3. The maximum atomic E-state index is 12.5. The molecule has 1 aliphatic rings. The van der Waals surface area contributed by atoms with Crippen LogP contribution in [0.2, 0.25) is 0 Å². The summed E-state index contributed by atoms with van der Waals surface area (Å²) in [5, 5.41) is 3.93. The van der Waals surface area contributed by atoms with Gasteiger partial charge in [-0.2, -0.15) is 4.98 Å². The lowest BCUT2D eigenvalue weighted by Gasteiger charge is -2.33. The minimum Gasteiger partial charge on any atom is -0.493 e. The normalized spacial score (nSPS) is 16.4. The fourth-order valence-electron chi connectivity index (χ4n) is 3.32. The van der Waals surface area contributed by atoms with Crippen LogP contribution in [0.1, 0.15) is 39.5 Å². The minimum atomic E-state index is -0.589. The summed E-state index contributed by atoms with van der Waals surface area (Å²) in [5.41, 5.74) is 0.0814. The third-order valence-electron chi connectivity index (χ3n) is 4.85. The lowest BCUT2D eigenvalue weighted by molar-refractivity contribution is -0.152. The summed E-state index contributed by atoms with van der Waals surface area (Å²) in [6.45, 7) is 6.08. The molecule has 10 nitrogen and oxygen atoms in total. The highest BCUT2D eigenvalue weighted by Gasteiger charge is 2.32. The maximum Gasteiger partial charge on any atom is 0.410 e. The fraction of sp³-hybridized carbons (Fsp3) is 0.545. The molecule has 1 fully saturated rings. The Kier molecular flexibility index (Phi) is 7.22. The standard InChI is InChI=1S/C22H29N3O7/c1-22(2,3)31-21(27)25-10-6-7-15(12-25)20(26)30-13-18-23-19(24-32-18)14-8-9-16(28-4)17(11-14)29-5/h8-9,11,15H,6-7,10,12-13H2,1-5H3. The molecular formula is C22H29N3O7. The Labute approximate surface area is 186 Å². The highest BCUT2D eigenvalue weighted by molar-refractivity contribution is 5.75. The summed E-state index contributed by atoms with van der Waals surface area (Å²) >= 11 is 0. The molecule has 0 bridgehead atoms. The Bertz CT molecular complexity index is 951. The van der Waals surface area contributed by atoms with Crippen molar-refractivity contribution < 1.29 is 33.1 Å². The van der Waals surface area contributed by atoms with Crippen LogP contribution in [0.3, 0.4) is 0 Å². The number of likely N-dealkylation sites (tertiary alicyclic amines) is 1. The van der Waals surface area contributed by atoms with Crippen LogP contribution < -0.4 is 9.47 Å². The van der Waals surface area contributed by atoms with Crippen molar-refractivity contribution in [1.29, 1.82) is 0 Å². The van der Waals surface area contributed by atoms with Gasteiger partial charge in [-0.25, -0.2) is 4.79 Å². The summed E-state index contributed by atoms with van der Waals surface area (Å²) in [6.07, 6.45) is 0.911. The van der Waals surface area contributed by atoms with Gasteiger partial charge in [-0.1, -0.05) is 5.16 Å². The number of esters is 1. The topological polar surface area (TPSA) is 113 Å². The molecule has 2 heterocycles. The zero-order valence-electron chi connectivity index (χ0n) is 19.0.